The highest BCUT2D eigenvalue weighted by Gasteiger charge is 2.17. The first-order chi connectivity index (χ1) is 14.3. The summed E-state index contributed by atoms with van der Waals surface area (Å²) in [5.74, 6) is 0. The fourth-order valence-corrected chi connectivity index (χ4v) is 3.88. The number of fused-ring (bicyclic) bond motifs is 2. The largest absolute Gasteiger partial charge is 0.404 e. The molecule has 4 nitrogen and oxygen atoms in total. The Morgan fingerprint density at radius 2 is 1.76 bits per heavy atom. The molecule has 2 aromatic heterocycles. The van der Waals surface area contributed by atoms with Gasteiger partial charge in [-0.1, -0.05) is 60.7 Å². The minimum Gasteiger partial charge on any atom is -0.404 e. The van der Waals surface area contributed by atoms with Gasteiger partial charge in [-0.15, -0.1) is 4.73 Å². The van der Waals surface area contributed by atoms with Crippen molar-refractivity contribution in [3.05, 3.63) is 112 Å². The highest BCUT2D eigenvalue weighted by molar-refractivity contribution is 5.95. The van der Waals surface area contributed by atoms with E-state index in [1.165, 1.54) is 15.9 Å². The molecule has 0 amide bonds. The quantitative estimate of drug-likeness (QED) is 0.523. The molecule has 0 aliphatic heterocycles. The third-order valence-corrected chi connectivity index (χ3v) is 5.33. The van der Waals surface area contributed by atoms with Crippen LogP contribution in [0.2, 0.25) is 0 Å². The standard InChI is InChI=1S/C25H20N2O2/c28-24-16-23(21-13-12-19-9-4-5-10-20(19)15-21)22-11-6-14-26-25(22)27(24)29-17-18-7-2-1-3-8-18/h1-11,14-16H,12-13,17H2. The fourth-order valence-electron chi connectivity index (χ4n) is 3.88. The van der Waals surface area contributed by atoms with E-state index in [-0.39, 0.29) is 5.56 Å². The number of rotatable bonds is 4. The molecule has 0 unspecified atom stereocenters. The van der Waals surface area contributed by atoms with Gasteiger partial charge in [0.15, 0.2) is 5.65 Å². The van der Waals surface area contributed by atoms with E-state index in [0.717, 1.165) is 34.9 Å². The van der Waals surface area contributed by atoms with Crippen molar-refractivity contribution in [3.63, 3.8) is 0 Å². The number of aromatic nitrogens is 2. The second-order valence-electron chi connectivity index (χ2n) is 7.19. The van der Waals surface area contributed by atoms with Crippen LogP contribution in [0, 0.1) is 0 Å². The SMILES string of the molecule is O=c1cc(C2=Cc3ccccc3CC2)c2cccnc2n1OCc1ccccc1. The van der Waals surface area contributed by atoms with Gasteiger partial charge in [0.25, 0.3) is 5.56 Å². The predicted molar refractivity (Wildman–Crippen MR) is 115 cm³/mol. The van der Waals surface area contributed by atoms with Crippen molar-refractivity contribution in [1.29, 1.82) is 0 Å². The molecule has 0 saturated heterocycles. The van der Waals surface area contributed by atoms with E-state index in [9.17, 15) is 4.79 Å². The predicted octanol–water partition coefficient (Wildman–Crippen LogP) is 4.51. The molecule has 1 aliphatic carbocycles. The maximum Gasteiger partial charge on any atom is 0.285 e. The Morgan fingerprint density at radius 1 is 0.931 bits per heavy atom. The van der Waals surface area contributed by atoms with Crippen LogP contribution < -0.4 is 10.4 Å². The average Bonchev–Trinajstić information content (AvgIpc) is 2.78. The van der Waals surface area contributed by atoms with Gasteiger partial charge in [0.1, 0.15) is 6.61 Å². The van der Waals surface area contributed by atoms with Crippen molar-refractivity contribution in [3.8, 4) is 0 Å². The molecule has 2 heterocycles. The van der Waals surface area contributed by atoms with Crippen LogP contribution >= 0.6 is 0 Å². The van der Waals surface area contributed by atoms with E-state index in [1.54, 1.807) is 12.3 Å². The summed E-state index contributed by atoms with van der Waals surface area (Å²) in [4.78, 5) is 23.3. The third-order valence-electron chi connectivity index (χ3n) is 5.33. The summed E-state index contributed by atoms with van der Waals surface area (Å²) >= 11 is 0. The number of hydrogen-bond acceptors (Lipinski definition) is 3. The lowest BCUT2D eigenvalue weighted by molar-refractivity contribution is 0.0979. The number of benzene rings is 2. The van der Waals surface area contributed by atoms with Crippen molar-refractivity contribution in [1.82, 2.24) is 9.71 Å². The van der Waals surface area contributed by atoms with Crippen molar-refractivity contribution in [2.24, 2.45) is 0 Å². The molecule has 29 heavy (non-hydrogen) atoms. The zero-order valence-corrected chi connectivity index (χ0v) is 15.9. The van der Waals surface area contributed by atoms with Crippen LogP contribution in [-0.2, 0) is 13.0 Å². The normalized spacial score (nSPS) is 13.0. The van der Waals surface area contributed by atoms with Gasteiger partial charge >= 0.3 is 0 Å². The maximum absolute atomic E-state index is 12.9. The number of hydrogen-bond donors (Lipinski definition) is 0. The molecule has 0 bridgehead atoms. The molecule has 2 aromatic carbocycles. The first kappa shape index (κ1) is 17.4. The molecule has 5 rings (SSSR count). The first-order valence-electron chi connectivity index (χ1n) is 9.76. The van der Waals surface area contributed by atoms with Gasteiger partial charge in [0.2, 0.25) is 0 Å². The van der Waals surface area contributed by atoms with Crippen molar-refractivity contribution in [2.75, 3.05) is 0 Å². The van der Waals surface area contributed by atoms with E-state index in [2.05, 4.69) is 29.3 Å². The van der Waals surface area contributed by atoms with Crippen LogP contribution in [-0.4, -0.2) is 9.71 Å². The summed E-state index contributed by atoms with van der Waals surface area (Å²) < 4.78 is 1.31. The molecular formula is C25H20N2O2. The molecule has 0 fully saturated rings. The van der Waals surface area contributed by atoms with E-state index in [4.69, 9.17) is 4.84 Å². The topological polar surface area (TPSA) is 44.1 Å². The Kier molecular flexibility index (Phi) is 4.45. The molecule has 0 atom stereocenters. The van der Waals surface area contributed by atoms with Gasteiger partial charge < -0.3 is 4.84 Å². The Bertz CT molecular complexity index is 1270. The fraction of sp³-hybridized carbons (Fsp3) is 0.120. The zero-order chi connectivity index (χ0) is 19.6. The van der Waals surface area contributed by atoms with E-state index in [1.807, 2.05) is 48.5 Å². The van der Waals surface area contributed by atoms with Crippen LogP contribution in [0.1, 0.15) is 28.7 Å². The van der Waals surface area contributed by atoms with E-state index >= 15 is 0 Å². The number of allylic oxidation sites excluding steroid dienone is 1. The number of aryl methyl sites for hydroxylation is 1. The first-order valence-corrected chi connectivity index (χ1v) is 9.76. The minimum absolute atomic E-state index is 0.207. The van der Waals surface area contributed by atoms with Crippen LogP contribution in [0.15, 0.2) is 83.8 Å². The Balaban J connectivity index is 1.59. The summed E-state index contributed by atoms with van der Waals surface area (Å²) in [7, 11) is 0. The molecule has 0 spiro atoms. The average molecular weight is 380 g/mol. The highest BCUT2D eigenvalue weighted by Crippen LogP contribution is 2.32. The molecule has 0 saturated carbocycles. The smallest absolute Gasteiger partial charge is 0.285 e. The van der Waals surface area contributed by atoms with Crippen LogP contribution in [0.5, 0.6) is 0 Å². The Labute approximate surface area is 168 Å². The summed E-state index contributed by atoms with van der Waals surface area (Å²) in [5, 5.41) is 0.922. The third kappa shape index (κ3) is 3.34. The summed E-state index contributed by atoms with van der Waals surface area (Å²) in [6.45, 7) is 0.307. The molecular weight excluding hydrogens is 360 g/mol. The summed E-state index contributed by atoms with van der Waals surface area (Å²) in [6.07, 6.45) is 5.75. The summed E-state index contributed by atoms with van der Waals surface area (Å²) in [6, 6.07) is 23.8. The Hall–Kier alpha value is -3.66. The maximum atomic E-state index is 12.9. The van der Waals surface area contributed by atoms with Crippen LogP contribution in [0.3, 0.4) is 0 Å². The lowest BCUT2D eigenvalue weighted by Gasteiger charge is -2.19. The zero-order valence-electron chi connectivity index (χ0n) is 15.9. The lowest BCUT2D eigenvalue weighted by atomic mass is 9.88. The van der Waals surface area contributed by atoms with E-state index < -0.39 is 0 Å². The van der Waals surface area contributed by atoms with Gasteiger partial charge in [-0.25, -0.2) is 4.98 Å². The molecule has 4 heteroatoms. The lowest BCUT2D eigenvalue weighted by Crippen LogP contribution is -2.28. The minimum atomic E-state index is -0.207. The second kappa shape index (κ2) is 7.40. The van der Waals surface area contributed by atoms with Crippen molar-refractivity contribution >= 4 is 22.7 Å². The van der Waals surface area contributed by atoms with Crippen molar-refractivity contribution in [2.45, 2.75) is 19.4 Å². The molecule has 0 radical (unpaired) electrons. The van der Waals surface area contributed by atoms with Gasteiger partial charge in [-0.05, 0) is 52.8 Å². The highest BCUT2D eigenvalue weighted by atomic mass is 16.7. The number of pyridine rings is 2. The molecule has 0 N–H and O–H groups in total. The summed E-state index contributed by atoms with van der Waals surface area (Å²) in [5.41, 5.74) is 6.00. The second-order valence-corrected chi connectivity index (χ2v) is 7.19. The molecule has 1 aliphatic rings. The van der Waals surface area contributed by atoms with Crippen LogP contribution in [0.25, 0.3) is 22.7 Å². The van der Waals surface area contributed by atoms with Gasteiger partial charge in [-0.3, -0.25) is 4.79 Å². The van der Waals surface area contributed by atoms with E-state index in [0.29, 0.717) is 12.3 Å². The Morgan fingerprint density at radius 3 is 2.66 bits per heavy atom. The molecule has 142 valence electrons. The monoisotopic (exact) mass is 380 g/mol. The van der Waals surface area contributed by atoms with Crippen molar-refractivity contribution < 1.29 is 4.84 Å². The van der Waals surface area contributed by atoms with Crippen LogP contribution in [0.4, 0.5) is 0 Å². The van der Waals surface area contributed by atoms with Gasteiger partial charge in [0, 0.05) is 17.6 Å². The number of nitrogens with zero attached hydrogens (tertiary/aromatic N) is 2. The van der Waals surface area contributed by atoms with Gasteiger partial charge in [0.05, 0.1) is 0 Å². The van der Waals surface area contributed by atoms with Gasteiger partial charge in [-0.2, -0.15) is 0 Å². The molecule has 4 aromatic rings.